The van der Waals surface area contributed by atoms with Crippen LogP contribution in [0.1, 0.15) is 30.3 Å². The number of nitrogens with zero attached hydrogens (tertiary/aromatic N) is 2. The quantitative estimate of drug-likeness (QED) is 0.924. The van der Waals surface area contributed by atoms with Gasteiger partial charge in [0.25, 0.3) is 0 Å². The number of aryl methyl sites for hydroxylation is 1. The molecule has 114 valence electrons. The summed E-state index contributed by atoms with van der Waals surface area (Å²) in [6.07, 6.45) is -2.94. The van der Waals surface area contributed by atoms with E-state index in [1.54, 1.807) is 19.1 Å². The van der Waals surface area contributed by atoms with Crippen LogP contribution in [-0.4, -0.2) is 22.9 Å². The maximum absolute atomic E-state index is 13.0. The first-order valence-corrected chi connectivity index (χ1v) is 6.89. The highest BCUT2D eigenvalue weighted by Crippen LogP contribution is 2.35. The summed E-state index contributed by atoms with van der Waals surface area (Å²) in [5.41, 5.74) is -0.479. The van der Waals surface area contributed by atoms with Crippen molar-refractivity contribution in [3.8, 4) is 11.5 Å². The molecule has 3 rings (SSSR count). The van der Waals surface area contributed by atoms with E-state index in [0.29, 0.717) is 17.2 Å². The van der Waals surface area contributed by atoms with Gasteiger partial charge in [-0.25, -0.2) is 0 Å². The molecule has 2 aromatic heterocycles. The molecule has 2 aromatic rings. The average molecular weight is 299 g/mol. The maximum Gasteiger partial charge on any atom is 0.435 e. The van der Waals surface area contributed by atoms with E-state index >= 15 is 0 Å². The Morgan fingerprint density at radius 2 is 2.00 bits per heavy atom. The van der Waals surface area contributed by atoms with E-state index in [-0.39, 0.29) is 6.04 Å². The molecule has 0 spiro atoms. The molecular weight excluding hydrogens is 283 g/mol. The fraction of sp³-hybridized carbons (Fsp3) is 0.500. The van der Waals surface area contributed by atoms with Gasteiger partial charge in [-0.3, -0.25) is 4.68 Å². The summed E-state index contributed by atoms with van der Waals surface area (Å²) in [7, 11) is 0. The van der Waals surface area contributed by atoms with Crippen LogP contribution in [-0.2, 0) is 6.18 Å². The molecule has 0 unspecified atom stereocenters. The minimum absolute atomic E-state index is 0.0391. The van der Waals surface area contributed by atoms with Gasteiger partial charge in [0.15, 0.2) is 11.5 Å². The normalized spacial score (nSPS) is 17.3. The Hall–Kier alpha value is -1.76. The fourth-order valence-electron chi connectivity index (χ4n) is 2.62. The van der Waals surface area contributed by atoms with E-state index in [2.05, 4.69) is 10.4 Å². The van der Waals surface area contributed by atoms with Crippen LogP contribution in [0.2, 0.25) is 0 Å². The van der Waals surface area contributed by atoms with Crippen LogP contribution in [0.4, 0.5) is 13.2 Å². The molecule has 1 aliphatic rings. The van der Waals surface area contributed by atoms with Gasteiger partial charge in [-0.15, -0.1) is 0 Å². The first-order chi connectivity index (χ1) is 9.95. The zero-order valence-electron chi connectivity index (χ0n) is 11.6. The second kappa shape index (κ2) is 5.22. The Morgan fingerprint density at radius 1 is 1.29 bits per heavy atom. The number of nitrogens with one attached hydrogen (secondary N) is 1. The van der Waals surface area contributed by atoms with Crippen molar-refractivity contribution in [1.29, 1.82) is 0 Å². The molecule has 0 atom stereocenters. The van der Waals surface area contributed by atoms with E-state index in [1.165, 1.54) is 4.68 Å². The van der Waals surface area contributed by atoms with Crippen LogP contribution in [0.15, 0.2) is 22.6 Å². The lowest BCUT2D eigenvalue weighted by molar-refractivity contribution is -0.141. The van der Waals surface area contributed by atoms with Gasteiger partial charge in [-0.2, -0.15) is 18.3 Å². The third kappa shape index (κ3) is 2.83. The van der Waals surface area contributed by atoms with Gasteiger partial charge in [0.2, 0.25) is 0 Å². The summed E-state index contributed by atoms with van der Waals surface area (Å²) in [6, 6.07) is 4.45. The highest BCUT2D eigenvalue weighted by atomic mass is 19.4. The molecule has 0 aliphatic carbocycles. The van der Waals surface area contributed by atoms with E-state index in [0.717, 1.165) is 32.0 Å². The predicted octanol–water partition coefficient (Wildman–Crippen LogP) is 3.39. The van der Waals surface area contributed by atoms with Crippen molar-refractivity contribution >= 4 is 0 Å². The van der Waals surface area contributed by atoms with Gasteiger partial charge < -0.3 is 9.73 Å². The largest absolute Gasteiger partial charge is 0.460 e. The van der Waals surface area contributed by atoms with Gasteiger partial charge in [-0.1, -0.05) is 0 Å². The van der Waals surface area contributed by atoms with E-state index in [9.17, 15) is 13.2 Å². The lowest BCUT2D eigenvalue weighted by atomic mass is 10.1. The first kappa shape index (κ1) is 14.2. The number of hydrogen-bond acceptors (Lipinski definition) is 3. The summed E-state index contributed by atoms with van der Waals surface area (Å²) in [4.78, 5) is 0. The van der Waals surface area contributed by atoms with Gasteiger partial charge >= 0.3 is 6.18 Å². The molecule has 3 heterocycles. The zero-order valence-corrected chi connectivity index (χ0v) is 11.6. The Kier molecular flexibility index (Phi) is 3.52. The second-order valence-corrected chi connectivity index (χ2v) is 5.25. The Morgan fingerprint density at radius 3 is 2.57 bits per heavy atom. The molecule has 0 aromatic carbocycles. The van der Waals surface area contributed by atoms with Crippen molar-refractivity contribution in [3.63, 3.8) is 0 Å². The Labute approximate surface area is 119 Å². The van der Waals surface area contributed by atoms with Crippen molar-refractivity contribution in [2.45, 2.75) is 32.0 Å². The molecule has 0 saturated carbocycles. The number of furan rings is 1. The first-order valence-electron chi connectivity index (χ1n) is 6.89. The predicted molar refractivity (Wildman–Crippen MR) is 70.8 cm³/mol. The molecule has 1 N–H and O–H groups in total. The lowest BCUT2D eigenvalue weighted by Gasteiger charge is -2.24. The summed E-state index contributed by atoms with van der Waals surface area (Å²) in [5, 5.41) is 6.99. The molecule has 21 heavy (non-hydrogen) atoms. The van der Waals surface area contributed by atoms with Crippen molar-refractivity contribution in [2.24, 2.45) is 0 Å². The molecule has 7 heteroatoms. The molecule has 1 fully saturated rings. The Balaban J connectivity index is 2.05. The summed E-state index contributed by atoms with van der Waals surface area (Å²) in [5.74, 6) is 1.09. The molecule has 0 bridgehead atoms. The lowest BCUT2D eigenvalue weighted by Crippen LogP contribution is -2.30. The van der Waals surface area contributed by atoms with Gasteiger partial charge in [-0.05, 0) is 51.1 Å². The standard InChI is InChI=1S/C14H16F3N3O/c1-9-2-3-12(21-9)11-8-13(14(15,16)17)19-20(11)10-4-6-18-7-5-10/h2-3,8,10,18H,4-7H2,1H3. The molecule has 1 aliphatic heterocycles. The summed E-state index contributed by atoms with van der Waals surface area (Å²) >= 11 is 0. The number of rotatable bonds is 2. The SMILES string of the molecule is Cc1ccc(-c2cc(C(F)(F)F)nn2C2CCNCC2)o1. The highest BCUT2D eigenvalue weighted by molar-refractivity contribution is 5.54. The molecule has 0 amide bonds. The van der Waals surface area contributed by atoms with Crippen LogP contribution in [0.25, 0.3) is 11.5 Å². The maximum atomic E-state index is 13.0. The average Bonchev–Trinajstić information content (AvgIpc) is 3.05. The zero-order chi connectivity index (χ0) is 15.0. The highest BCUT2D eigenvalue weighted by Gasteiger charge is 2.36. The van der Waals surface area contributed by atoms with Gasteiger partial charge in [0, 0.05) is 0 Å². The minimum Gasteiger partial charge on any atom is -0.460 e. The number of aromatic nitrogens is 2. The monoisotopic (exact) mass is 299 g/mol. The second-order valence-electron chi connectivity index (χ2n) is 5.25. The van der Waals surface area contributed by atoms with Crippen LogP contribution < -0.4 is 5.32 Å². The van der Waals surface area contributed by atoms with Crippen LogP contribution in [0.3, 0.4) is 0 Å². The summed E-state index contributed by atoms with van der Waals surface area (Å²) < 4.78 is 45.8. The number of hydrogen-bond donors (Lipinski definition) is 1. The number of piperidine rings is 1. The van der Waals surface area contributed by atoms with Crippen LogP contribution in [0.5, 0.6) is 0 Å². The van der Waals surface area contributed by atoms with Gasteiger partial charge in [0.1, 0.15) is 11.5 Å². The number of halogens is 3. The van der Waals surface area contributed by atoms with E-state index in [4.69, 9.17) is 4.42 Å². The number of alkyl halides is 3. The molecule has 4 nitrogen and oxygen atoms in total. The molecular formula is C14H16F3N3O. The third-order valence-electron chi connectivity index (χ3n) is 3.67. The van der Waals surface area contributed by atoms with E-state index in [1.807, 2.05) is 0 Å². The van der Waals surface area contributed by atoms with E-state index < -0.39 is 11.9 Å². The third-order valence-corrected chi connectivity index (χ3v) is 3.67. The van der Waals surface area contributed by atoms with Crippen LogP contribution in [0, 0.1) is 6.92 Å². The van der Waals surface area contributed by atoms with Crippen molar-refractivity contribution in [2.75, 3.05) is 13.1 Å². The Bertz CT molecular complexity index is 624. The van der Waals surface area contributed by atoms with Gasteiger partial charge in [0.05, 0.1) is 6.04 Å². The van der Waals surface area contributed by atoms with Crippen molar-refractivity contribution < 1.29 is 17.6 Å². The molecule has 1 saturated heterocycles. The van der Waals surface area contributed by atoms with Crippen LogP contribution >= 0.6 is 0 Å². The topological polar surface area (TPSA) is 43.0 Å². The summed E-state index contributed by atoms with van der Waals surface area (Å²) in [6.45, 7) is 3.32. The smallest absolute Gasteiger partial charge is 0.435 e. The minimum atomic E-state index is -4.45. The van der Waals surface area contributed by atoms with Crippen molar-refractivity contribution in [1.82, 2.24) is 15.1 Å². The fourth-order valence-corrected chi connectivity index (χ4v) is 2.62. The van der Waals surface area contributed by atoms with Crippen molar-refractivity contribution in [3.05, 3.63) is 29.7 Å². The molecule has 0 radical (unpaired) electrons.